The number of nitrogens with two attached hydrogens (primary N) is 1. The first kappa shape index (κ1) is 15.1. The summed E-state index contributed by atoms with van der Waals surface area (Å²) in [5, 5.41) is 10.8. The molecule has 0 fully saturated rings. The molecule has 4 heteroatoms. The summed E-state index contributed by atoms with van der Waals surface area (Å²) in [4.78, 5) is 13.9. The van der Waals surface area contributed by atoms with Gasteiger partial charge in [-0.05, 0) is 30.2 Å². The second-order valence-corrected chi connectivity index (χ2v) is 5.00. The smallest absolute Gasteiger partial charge is 0.258 e. The highest BCUT2D eigenvalue weighted by Crippen LogP contribution is 2.30. The normalized spacial score (nSPS) is 13.5. The zero-order chi connectivity index (χ0) is 15.5. The van der Waals surface area contributed by atoms with Gasteiger partial charge in [-0.1, -0.05) is 42.5 Å². The molecule has 0 bridgehead atoms. The summed E-state index contributed by atoms with van der Waals surface area (Å²) in [5.41, 5.74) is 5.59. The van der Waals surface area contributed by atoms with Gasteiger partial charge >= 0.3 is 0 Å². The van der Waals surface area contributed by atoms with Crippen molar-refractivity contribution in [2.75, 3.05) is 18.5 Å². The van der Waals surface area contributed by atoms with Crippen LogP contribution in [0.1, 0.15) is 18.1 Å². The molecule has 0 heterocycles. The van der Waals surface area contributed by atoms with Crippen LogP contribution in [0.2, 0.25) is 0 Å². The number of hydrogen-bond acceptors (Lipinski definition) is 3. The average Bonchev–Trinajstić information content (AvgIpc) is 2.54. The number of hydrogen-bond donors (Lipinski definition) is 2. The number of carbonyl (C=O) groups excluding carboxylic acids is 1. The maximum atomic E-state index is 11.9. The highest BCUT2D eigenvalue weighted by atomic mass is 16.3. The van der Waals surface area contributed by atoms with E-state index in [0.717, 1.165) is 12.2 Å². The zero-order valence-electron chi connectivity index (χ0n) is 12.3. The van der Waals surface area contributed by atoms with E-state index >= 15 is 0 Å². The SMILES string of the molecule is CCN(C)c1ccc(C(O)(C(N)=O)c2ccccc2)cc1. The molecule has 21 heavy (non-hydrogen) atoms. The van der Waals surface area contributed by atoms with Gasteiger partial charge in [0.2, 0.25) is 0 Å². The van der Waals surface area contributed by atoms with Crippen molar-refractivity contribution >= 4 is 11.6 Å². The fourth-order valence-electron chi connectivity index (χ4n) is 2.27. The highest BCUT2D eigenvalue weighted by molar-refractivity contribution is 5.88. The Hall–Kier alpha value is -2.33. The van der Waals surface area contributed by atoms with E-state index in [1.165, 1.54) is 0 Å². The molecule has 0 aliphatic carbocycles. The summed E-state index contributed by atoms with van der Waals surface area (Å²) in [5.74, 6) is -0.787. The van der Waals surface area contributed by atoms with Crippen LogP contribution in [0.25, 0.3) is 0 Å². The van der Waals surface area contributed by atoms with E-state index in [1.807, 2.05) is 25.2 Å². The number of anilines is 1. The Morgan fingerprint density at radius 1 is 1.10 bits per heavy atom. The molecule has 2 aromatic carbocycles. The van der Waals surface area contributed by atoms with Crippen LogP contribution in [0.3, 0.4) is 0 Å². The molecule has 4 nitrogen and oxygen atoms in total. The molecule has 0 aliphatic rings. The van der Waals surface area contributed by atoms with Gasteiger partial charge in [0.05, 0.1) is 0 Å². The van der Waals surface area contributed by atoms with Gasteiger partial charge in [-0.15, -0.1) is 0 Å². The predicted molar refractivity (Wildman–Crippen MR) is 84.0 cm³/mol. The molecular weight excluding hydrogens is 264 g/mol. The maximum Gasteiger partial charge on any atom is 0.258 e. The van der Waals surface area contributed by atoms with Crippen molar-refractivity contribution < 1.29 is 9.90 Å². The molecule has 0 aliphatic heterocycles. The Labute approximate surface area is 124 Å². The maximum absolute atomic E-state index is 11.9. The lowest BCUT2D eigenvalue weighted by Crippen LogP contribution is -2.42. The molecule has 0 saturated carbocycles. The van der Waals surface area contributed by atoms with Gasteiger partial charge in [0.25, 0.3) is 5.91 Å². The zero-order valence-corrected chi connectivity index (χ0v) is 12.3. The van der Waals surface area contributed by atoms with E-state index in [2.05, 4.69) is 11.8 Å². The van der Waals surface area contributed by atoms with Gasteiger partial charge in [-0.3, -0.25) is 4.79 Å². The van der Waals surface area contributed by atoms with Crippen molar-refractivity contribution in [3.05, 3.63) is 65.7 Å². The molecule has 0 saturated heterocycles. The van der Waals surface area contributed by atoms with Gasteiger partial charge in [0, 0.05) is 19.3 Å². The van der Waals surface area contributed by atoms with E-state index in [1.54, 1.807) is 36.4 Å². The number of amides is 1. The minimum Gasteiger partial charge on any atom is -0.375 e. The summed E-state index contributed by atoms with van der Waals surface area (Å²) in [6.45, 7) is 2.93. The lowest BCUT2D eigenvalue weighted by Gasteiger charge is -2.26. The van der Waals surface area contributed by atoms with E-state index < -0.39 is 11.5 Å². The summed E-state index contributed by atoms with van der Waals surface area (Å²) in [7, 11) is 1.98. The van der Waals surface area contributed by atoms with Gasteiger partial charge < -0.3 is 15.7 Å². The van der Waals surface area contributed by atoms with Crippen molar-refractivity contribution in [3.63, 3.8) is 0 Å². The second kappa shape index (κ2) is 5.97. The van der Waals surface area contributed by atoms with E-state index in [-0.39, 0.29) is 0 Å². The molecule has 0 aromatic heterocycles. The lowest BCUT2D eigenvalue weighted by molar-refractivity contribution is -0.133. The quantitative estimate of drug-likeness (QED) is 0.880. The Bertz CT molecular complexity index is 610. The fraction of sp³-hybridized carbons (Fsp3) is 0.235. The third-order valence-electron chi connectivity index (χ3n) is 3.75. The third kappa shape index (κ3) is 2.76. The molecule has 110 valence electrons. The van der Waals surface area contributed by atoms with Crippen LogP contribution in [0, 0.1) is 0 Å². The first-order chi connectivity index (χ1) is 10.00. The number of rotatable bonds is 5. The van der Waals surface area contributed by atoms with E-state index in [9.17, 15) is 9.90 Å². The number of primary amides is 1. The average molecular weight is 284 g/mol. The first-order valence-electron chi connectivity index (χ1n) is 6.89. The number of aliphatic hydroxyl groups is 1. The molecule has 2 aromatic rings. The largest absolute Gasteiger partial charge is 0.375 e. The minimum absolute atomic E-state index is 0.467. The Kier molecular flexibility index (Phi) is 4.29. The predicted octanol–water partition coefficient (Wildman–Crippen LogP) is 1.86. The van der Waals surface area contributed by atoms with Crippen molar-refractivity contribution in [2.24, 2.45) is 5.73 Å². The summed E-state index contributed by atoms with van der Waals surface area (Å²) >= 11 is 0. The summed E-state index contributed by atoms with van der Waals surface area (Å²) < 4.78 is 0. The van der Waals surface area contributed by atoms with Gasteiger partial charge in [0.1, 0.15) is 0 Å². The summed E-state index contributed by atoms with van der Waals surface area (Å²) in [6.07, 6.45) is 0. The molecule has 2 rings (SSSR count). The minimum atomic E-state index is -1.81. The molecule has 1 atom stereocenters. The van der Waals surface area contributed by atoms with Crippen molar-refractivity contribution in [1.29, 1.82) is 0 Å². The molecule has 0 radical (unpaired) electrons. The van der Waals surface area contributed by atoms with Crippen molar-refractivity contribution in [2.45, 2.75) is 12.5 Å². The van der Waals surface area contributed by atoms with Crippen molar-refractivity contribution in [1.82, 2.24) is 0 Å². The fourth-order valence-corrected chi connectivity index (χ4v) is 2.27. The second-order valence-electron chi connectivity index (χ2n) is 5.00. The Morgan fingerprint density at radius 3 is 2.10 bits per heavy atom. The Morgan fingerprint density at radius 2 is 1.62 bits per heavy atom. The van der Waals surface area contributed by atoms with Crippen LogP contribution in [0.15, 0.2) is 54.6 Å². The number of benzene rings is 2. The topological polar surface area (TPSA) is 66.6 Å². The van der Waals surface area contributed by atoms with Gasteiger partial charge in [-0.25, -0.2) is 0 Å². The summed E-state index contributed by atoms with van der Waals surface area (Å²) in [6, 6.07) is 16.0. The molecule has 3 N–H and O–H groups in total. The number of carbonyl (C=O) groups is 1. The van der Waals surface area contributed by atoms with Crippen LogP contribution in [-0.2, 0) is 10.4 Å². The van der Waals surface area contributed by atoms with Crippen LogP contribution in [-0.4, -0.2) is 24.6 Å². The van der Waals surface area contributed by atoms with Crippen molar-refractivity contribution in [3.8, 4) is 0 Å². The standard InChI is InChI=1S/C17H20N2O2/c1-3-19(2)15-11-9-14(10-12-15)17(21,16(18)20)13-7-5-4-6-8-13/h4-12,21H,3H2,1-2H3,(H2,18,20). The monoisotopic (exact) mass is 284 g/mol. The highest BCUT2D eigenvalue weighted by Gasteiger charge is 2.37. The molecular formula is C17H20N2O2. The van der Waals surface area contributed by atoms with Gasteiger partial charge in [0.15, 0.2) is 5.60 Å². The van der Waals surface area contributed by atoms with E-state index in [0.29, 0.717) is 11.1 Å². The molecule has 1 amide bonds. The van der Waals surface area contributed by atoms with Crippen LogP contribution >= 0.6 is 0 Å². The molecule has 1 unspecified atom stereocenters. The number of nitrogens with zero attached hydrogens (tertiary/aromatic N) is 1. The third-order valence-corrected chi connectivity index (χ3v) is 3.75. The first-order valence-corrected chi connectivity index (χ1v) is 6.89. The van der Waals surface area contributed by atoms with E-state index in [4.69, 9.17) is 5.73 Å². The Balaban J connectivity index is 2.47. The lowest BCUT2D eigenvalue weighted by atomic mass is 9.85. The molecule has 0 spiro atoms. The van der Waals surface area contributed by atoms with Gasteiger partial charge in [-0.2, -0.15) is 0 Å². The van der Waals surface area contributed by atoms with Crippen LogP contribution in [0.5, 0.6) is 0 Å². The van der Waals surface area contributed by atoms with Crippen LogP contribution < -0.4 is 10.6 Å². The van der Waals surface area contributed by atoms with Crippen LogP contribution in [0.4, 0.5) is 5.69 Å².